The van der Waals surface area contributed by atoms with Crippen LogP contribution in [0.25, 0.3) is 0 Å². The molecule has 0 radical (unpaired) electrons. The van der Waals surface area contributed by atoms with Crippen molar-refractivity contribution in [1.82, 2.24) is 14.9 Å². The Morgan fingerprint density at radius 2 is 2.29 bits per heavy atom. The van der Waals surface area contributed by atoms with Crippen LogP contribution in [-0.2, 0) is 4.79 Å². The van der Waals surface area contributed by atoms with Gasteiger partial charge in [-0.05, 0) is 19.3 Å². The molecule has 0 aromatic carbocycles. The fraction of sp³-hybridized carbons (Fsp3) is 0.571. The molecular weight excluding hydrogens is 274 g/mol. The maximum Gasteiger partial charge on any atom is 0.311 e. The van der Waals surface area contributed by atoms with E-state index in [2.05, 4.69) is 9.97 Å². The third-order valence-corrected chi connectivity index (χ3v) is 4.00. The van der Waals surface area contributed by atoms with Gasteiger partial charge in [-0.2, -0.15) is 0 Å². The van der Waals surface area contributed by atoms with Crippen molar-refractivity contribution < 1.29 is 14.7 Å². The molecule has 1 atom stereocenters. The number of carboxylic acid groups (broad SMARTS) is 1. The minimum Gasteiger partial charge on any atom is -0.481 e. The van der Waals surface area contributed by atoms with Crippen LogP contribution in [0.1, 0.15) is 43.0 Å². The second kappa shape index (κ2) is 6.07. The van der Waals surface area contributed by atoms with Crippen LogP contribution in [0.15, 0.2) is 17.3 Å². The number of carboxylic acids is 1. The number of aromatic amines is 1. The van der Waals surface area contributed by atoms with E-state index in [0.29, 0.717) is 25.8 Å². The number of rotatable bonds is 4. The third-order valence-electron chi connectivity index (χ3n) is 4.00. The fourth-order valence-electron chi connectivity index (χ4n) is 2.94. The number of aromatic nitrogens is 2. The van der Waals surface area contributed by atoms with Crippen LogP contribution in [0.5, 0.6) is 0 Å². The Bertz CT molecular complexity index is 594. The van der Waals surface area contributed by atoms with Gasteiger partial charge in [-0.3, -0.25) is 14.4 Å². The van der Waals surface area contributed by atoms with E-state index in [-0.39, 0.29) is 12.1 Å². The van der Waals surface area contributed by atoms with Crippen molar-refractivity contribution in [1.29, 1.82) is 0 Å². The van der Waals surface area contributed by atoms with Crippen molar-refractivity contribution in [2.24, 2.45) is 5.41 Å². The van der Waals surface area contributed by atoms with Crippen molar-refractivity contribution in [3.05, 3.63) is 28.4 Å². The zero-order valence-corrected chi connectivity index (χ0v) is 12.0. The number of aliphatic carboxylic acids is 1. The van der Waals surface area contributed by atoms with E-state index < -0.39 is 22.9 Å². The lowest BCUT2D eigenvalue weighted by atomic mass is 9.76. The zero-order chi connectivity index (χ0) is 15.5. The van der Waals surface area contributed by atoms with Crippen molar-refractivity contribution >= 4 is 11.9 Å². The Labute approximate surface area is 122 Å². The monoisotopic (exact) mass is 293 g/mol. The predicted octanol–water partition coefficient (Wildman–Crippen LogP) is 0.877. The molecule has 1 amide bonds. The van der Waals surface area contributed by atoms with Crippen LogP contribution in [0, 0.1) is 5.41 Å². The minimum atomic E-state index is -0.905. The molecule has 1 saturated heterocycles. The SMILES string of the molecule is CCCC1(C(=O)O)CCCN(C(=O)c2cnc[nH]c2=O)C1. The number of H-pyrrole nitrogens is 1. The van der Waals surface area contributed by atoms with Gasteiger partial charge < -0.3 is 15.0 Å². The second-order valence-electron chi connectivity index (χ2n) is 5.46. The lowest BCUT2D eigenvalue weighted by Crippen LogP contribution is -2.50. The van der Waals surface area contributed by atoms with Gasteiger partial charge in [-0.1, -0.05) is 13.3 Å². The average molecular weight is 293 g/mol. The maximum absolute atomic E-state index is 12.4. The van der Waals surface area contributed by atoms with Gasteiger partial charge in [-0.25, -0.2) is 4.98 Å². The van der Waals surface area contributed by atoms with E-state index in [1.54, 1.807) is 0 Å². The maximum atomic E-state index is 12.4. The van der Waals surface area contributed by atoms with Crippen LogP contribution >= 0.6 is 0 Å². The van der Waals surface area contributed by atoms with E-state index in [0.717, 1.165) is 6.42 Å². The Morgan fingerprint density at radius 3 is 2.90 bits per heavy atom. The van der Waals surface area contributed by atoms with Gasteiger partial charge in [0.1, 0.15) is 5.56 Å². The van der Waals surface area contributed by atoms with Gasteiger partial charge in [0.25, 0.3) is 11.5 Å². The summed E-state index contributed by atoms with van der Waals surface area (Å²) in [7, 11) is 0. The smallest absolute Gasteiger partial charge is 0.311 e. The summed E-state index contributed by atoms with van der Waals surface area (Å²) in [5.41, 5.74) is -1.45. The number of amides is 1. The molecule has 2 heterocycles. The number of nitrogens with zero attached hydrogens (tertiary/aromatic N) is 2. The molecule has 1 aromatic rings. The standard InChI is InChI=1S/C14H19N3O4/c1-2-4-14(13(20)21)5-3-6-17(8-14)12(19)10-7-15-9-16-11(10)18/h7,9H,2-6,8H2,1H3,(H,20,21)(H,15,16,18). The van der Waals surface area contributed by atoms with E-state index >= 15 is 0 Å². The fourth-order valence-corrected chi connectivity index (χ4v) is 2.94. The highest BCUT2D eigenvalue weighted by Crippen LogP contribution is 2.35. The quantitative estimate of drug-likeness (QED) is 0.857. The summed E-state index contributed by atoms with van der Waals surface area (Å²) in [4.78, 5) is 43.3. The lowest BCUT2D eigenvalue weighted by molar-refractivity contribution is -0.152. The van der Waals surface area contributed by atoms with Crippen molar-refractivity contribution in [2.75, 3.05) is 13.1 Å². The van der Waals surface area contributed by atoms with Crippen LogP contribution in [0.4, 0.5) is 0 Å². The number of hydrogen-bond donors (Lipinski definition) is 2. The topological polar surface area (TPSA) is 103 Å². The molecule has 7 nitrogen and oxygen atoms in total. The van der Waals surface area contributed by atoms with Gasteiger partial charge in [0.2, 0.25) is 0 Å². The molecule has 1 unspecified atom stereocenters. The van der Waals surface area contributed by atoms with Crippen LogP contribution in [0.2, 0.25) is 0 Å². The first-order valence-electron chi connectivity index (χ1n) is 7.05. The molecule has 1 fully saturated rings. The van der Waals surface area contributed by atoms with E-state index in [1.807, 2.05) is 6.92 Å². The number of likely N-dealkylation sites (tertiary alicyclic amines) is 1. The molecule has 0 spiro atoms. The molecule has 1 aliphatic heterocycles. The molecular formula is C14H19N3O4. The van der Waals surface area contributed by atoms with Crippen molar-refractivity contribution in [2.45, 2.75) is 32.6 Å². The highest BCUT2D eigenvalue weighted by atomic mass is 16.4. The van der Waals surface area contributed by atoms with Gasteiger partial charge in [0.15, 0.2) is 0 Å². The summed E-state index contributed by atoms with van der Waals surface area (Å²) in [6, 6.07) is 0. The predicted molar refractivity (Wildman–Crippen MR) is 75.0 cm³/mol. The second-order valence-corrected chi connectivity index (χ2v) is 5.46. The van der Waals surface area contributed by atoms with E-state index in [1.165, 1.54) is 17.4 Å². The number of hydrogen-bond acceptors (Lipinski definition) is 4. The van der Waals surface area contributed by atoms with Crippen LogP contribution in [0.3, 0.4) is 0 Å². The molecule has 0 saturated carbocycles. The summed E-state index contributed by atoms with van der Waals surface area (Å²) in [5.74, 6) is -1.33. The van der Waals surface area contributed by atoms with E-state index in [4.69, 9.17) is 0 Å². The molecule has 1 aliphatic rings. The van der Waals surface area contributed by atoms with E-state index in [9.17, 15) is 19.5 Å². The van der Waals surface area contributed by atoms with Gasteiger partial charge in [0, 0.05) is 19.3 Å². The van der Waals surface area contributed by atoms with Gasteiger partial charge in [0.05, 0.1) is 11.7 Å². The third kappa shape index (κ3) is 2.96. The van der Waals surface area contributed by atoms with Gasteiger partial charge in [-0.15, -0.1) is 0 Å². The Hall–Kier alpha value is -2.18. The summed E-state index contributed by atoms with van der Waals surface area (Å²) in [6.45, 7) is 2.53. The largest absolute Gasteiger partial charge is 0.481 e. The highest BCUT2D eigenvalue weighted by Gasteiger charge is 2.43. The summed E-state index contributed by atoms with van der Waals surface area (Å²) in [6.07, 6.45) is 4.88. The molecule has 7 heteroatoms. The molecule has 1 aromatic heterocycles. The molecule has 2 rings (SSSR count). The first-order valence-corrected chi connectivity index (χ1v) is 7.05. The molecule has 21 heavy (non-hydrogen) atoms. The summed E-state index contributed by atoms with van der Waals surface area (Å²) < 4.78 is 0. The molecule has 114 valence electrons. The molecule has 2 N–H and O–H groups in total. The number of nitrogens with one attached hydrogen (secondary N) is 1. The summed E-state index contributed by atoms with van der Waals surface area (Å²) in [5, 5.41) is 9.53. The number of carbonyl (C=O) groups excluding carboxylic acids is 1. The first kappa shape index (κ1) is 15.2. The lowest BCUT2D eigenvalue weighted by Gasteiger charge is -2.39. The van der Waals surface area contributed by atoms with Crippen LogP contribution in [-0.4, -0.2) is 44.9 Å². The van der Waals surface area contributed by atoms with Crippen molar-refractivity contribution in [3.8, 4) is 0 Å². The summed E-state index contributed by atoms with van der Waals surface area (Å²) >= 11 is 0. The van der Waals surface area contributed by atoms with Crippen LogP contribution < -0.4 is 5.56 Å². The molecule has 0 bridgehead atoms. The van der Waals surface area contributed by atoms with Gasteiger partial charge >= 0.3 is 5.97 Å². The highest BCUT2D eigenvalue weighted by molar-refractivity contribution is 5.94. The zero-order valence-electron chi connectivity index (χ0n) is 12.0. The number of piperidine rings is 1. The normalized spacial score (nSPS) is 22.0. The molecule has 0 aliphatic carbocycles. The Balaban J connectivity index is 2.25. The Morgan fingerprint density at radius 1 is 1.52 bits per heavy atom. The van der Waals surface area contributed by atoms with Crippen molar-refractivity contribution in [3.63, 3.8) is 0 Å². The minimum absolute atomic E-state index is 0.0461. The first-order chi connectivity index (χ1) is 10.00. The average Bonchev–Trinajstić information content (AvgIpc) is 2.47. The number of carbonyl (C=O) groups is 2. The Kier molecular flexibility index (Phi) is 4.40.